The van der Waals surface area contributed by atoms with E-state index in [2.05, 4.69) is 55.1 Å². The van der Waals surface area contributed by atoms with Crippen molar-refractivity contribution in [2.75, 3.05) is 31.2 Å². The first kappa shape index (κ1) is 15.8. The lowest BCUT2D eigenvalue weighted by atomic mass is 9.91. The van der Waals surface area contributed by atoms with Gasteiger partial charge in [0.25, 0.3) is 0 Å². The fourth-order valence-electron chi connectivity index (χ4n) is 1.97. The molecule has 0 aromatic heterocycles. The van der Waals surface area contributed by atoms with Crippen molar-refractivity contribution in [2.24, 2.45) is 10.6 Å². The molecule has 0 atom stereocenters. The van der Waals surface area contributed by atoms with E-state index in [9.17, 15) is 0 Å². The van der Waals surface area contributed by atoms with Gasteiger partial charge in [0.05, 0.1) is 18.9 Å². The van der Waals surface area contributed by atoms with Crippen LogP contribution >= 0.6 is 0 Å². The third kappa shape index (κ3) is 4.74. The van der Waals surface area contributed by atoms with Crippen molar-refractivity contribution in [2.45, 2.75) is 34.3 Å². The maximum absolute atomic E-state index is 5.45. The quantitative estimate of drug-likeness (QED) is 0.629. The van der Waals surface area contributed by atoms with Crippen LogP contribution < -0.4 is 4.90 Å². The Labute approximate surface area is 127 Å². The van der Waals surface area contributed by atoms with E-state index in [1.54, 1.807) is 0 Å². The summed E-state index contributed by atoms with van der Waals surface area (Å²) < 4.78 is 5.37. The van der Waals surface area contributed by atoms with Crippen molar-refractivity contribution in [1.29, 1.82) is 0 Å². The lowest BCUT2D eigenvalue weighted by molar-refractivity contribution is 0.122. The van der Waals surface area contributed by atoms with Gasteiger partial charge in [-0.05, 0) is 24.6 Å². The molecular formula is C17H26N2O2. The molecule has 0 unspecified atom stereocenters. The van der Waals surface area contributed by atoms with Gasteiger partial charge in [-0.15, -0.1) is 0 Å². The molecule has 116 valence electrons. The Morgan fingerprint density at radius 1 is 1.19 bits per heavy atom. The second kappa shape index (κ2) is 6.94. The second-order valence-corrected chi connectivity index (χ2v) is 6.47. The lowest BCUT2D eigenvalue weighted by Crippen LogP contribution is -2.36. The molecule has 0 amide bonds. The van der Waals surface area contributed by atoms with Crippen molar-refractivity contribution >= 4 is 11.4 Å². The van der Waals surface area contributed by atoms with Crippen LogP contribution in [0.2, 0.25) is 0 Å². The van der Waals surface area contributed by atoms with Crippen molar-refractivity contribution in [3.63, 3.8) is 0 Å². The molecule has 0 radical (unpaired) electrons. The second-order valence-electron chi connectivity index (χ2n) is 6.47. The molecule has 0 aliphatic carbocycles. The van der Waals surface area contributed by atoms with E-state index in [4.69, 9.17) is 9.57 Å². The smallest absolute Gasteiger partial charge is 0.142 e. The highest BCUT2D eigenvalue weighted by atomic mass is 16.6. The van der Waals surface area contributed by atoms with E-state index in [1.807, 2.05) is 6.92 Å². The molecule has 1 aromatic rings. The molecule has 4 heteroatoms. The summed E-state index contributed by atoms with van der Waals surface area (Å²) >= 11 is 0. The summed E-state index contributed by atoms with van der Waals surface area (Å²) in [6.45, 7) is 12.5. The van der Waals surface area contributed by atoms with Crippen LogP contribution in [0.15, 0.2) is 29.4 Å². The maximum atomic E-state index is 5.45. The van der Waals surface area contributed by atoms with Gasteiger partial charge in [0.2, 0.25) is 0 Å². The molecule has 1 heterocycles. The zero-order valence-electron chi connectivity index (χ0n) is 13.6. The first-order valence-electron chi connectivity index (χ1n) is 7.55. The summed E-state index contributed by atoms with van der Waals surface area (Å²) in [6.07, 6.45) is 0. The summed E-state index contributed by atoms with van der Waals surface area (Å²) in [5.41, 5.74) is 3.45. The van der Waals surface area contributed by atoms with Gasteiger partial charge in [0.15, 0.2) is 0 Å². The van der Waals surface area contributed by atoms with Crippen LogP contribution in [0.1, 0.15) is 33.3 Å². The number of ether oxygens (including phenoxy) is 1. The third-order valence-electron chi connectivity index (χ3n) is 3.83. The van der Waals surface area contributed by atoms with Gasteiger partial charge < -0.3 is 14.5 Å². The topological polar surface area (TPSA) is 34.1 Å². The number of hydrogen-bond donors (Lipinski definition) is 0. The molecule has 1 aliphatic rings. The van der Waals surface area contributed by atoms with Crippen molar-refractivity contribution in [1.82, 2.24) is 0 Å². The van der Waals surface area contributed by atoms with Gasteiger partial charge in [0.1, 0.15) is 6.61 Å². The molecule has 1 saturated heterocycles. The fourth-order valence-corrected chi connectivity index (χ4v) is 1.97. The average Bonchev–Trinajstić information content (AvgIpc) is 2.48. The highest BCUT2D eigenvalue weighted by molar-refractivity contribution is 5.86. The van der Waals surface area contributed by atoms with Crippen molar-refractivity contribution in [3.05, 3.63) is 29.8 Å². The molecule has 0 spiro atoms. The van der Waals surface area contributed by atoms with E-state index in [0.717, 1.165) is 37.6 Å². The fraction of sp³-hybridized carbons (Fsp3) is 0.588. The molecule has 0 bridgehead atoms. The van der Waals surface area contributed by atoms with Gasteiger partial charge in [-0.2, -0.15) is 0 Å². The van der Waals surface area contributed by atoms with E-state index in [-0.39, 0.29) is 5.41 Å². The predicted molar refractivity (Wildman–Crippen MR) is 86.8 cm³/mol. The molecular weight excluding hydrogens is 264 g/mol. The van der Waals surface area contributed by atoms with E-state index < -0.39 is 0 Å². The summed E-state index contributed by atoms with van der Waals surface area (Å²) in [7, 11) is 0. The summed E-state index contributed by atoms with van der Waals surface area (Å²) in [5, 5.41) is 4.19. The number of rotatable bonds is 4. The van der Waals surface area contributed by atoms with E-state index >= 15 is 0 Å². The highest BCUT2D eigenvalue weighted by Gasteiger charge is 2.14. The lowest BCUT2D eigenvalue weighted by Gasteiger charge is -2.28. The summed E-state index contributed by atoms with van der Waals surface area (Å²) in [6, 6.07) is 8.49. The molecule has 21 heavy (non-hydrogen) atoms. The number of morpholine rings is 1. The van der Waals surface area contributed by atoms with Crippen LogP contribution in [-0.4, -0.2) is 32.0 Å². The van der Waals surface area contributed by atoms with Crippen LogP contribution in [-0.2, 0) is 16.2 Å². The molecule has 0 N–H and O–H groups in total. The van der Waals surface area contributed by atoms with Crippen LogP contribution in [0, 0.1) is 5.41 Å². The Bertz CT molecular complexity index is 469. The van der Waals surface area contributed by atoms with Gasteiger partial charge in [-0.25, -0.2) is 0 Å². The SMILES string of the molecule is CC(=NOCc1ccc(N2CCOCC2)cc1)C(C)(C)C. The minimum absolute atomic E-state index is 0.0557. The Morgan fingerprint density at radius 3 is 2.38 bits per heavy atom. The first-order valence-corrected chi connectivity index (χ1v) is 7.55. The van der Waals surface area contributed by atoms with Crippen LogP contribution in [0.3, 0.4) is 0 Å². The number of benzene rings is 1. The van der Waals surface area contributed by atoms with E-state index in [1.165, 1.54) is 5.69 Å². The maximum Gasteiger partial charge on any atom is 0.142 e. The molecule has 1 fully saturated rings. The molecule has 2 rings (SSSR count). The third-order valence-corrected chi connectivity index (χ3v) is 3.83. The van der Waals surface area contributed by atoms with Gasteiger partial charge in [0, 0.05) is 24.2 Å². The Kier molecular flexibility index (Phi) is 5.23. The number of hydrogen-bond acceptors (Lipinski definition) is 4. The van der Waals surface area contributed by atoms with Gasteiger partial charge >= 0.3 is 0 Å². The zero-order chi connectivity index (χ0) is 15.3. The van der Waals surface area contributed by atoms with Crippen molar-refractivity contribution in [3.8, 4) is 0 Å². The summed E-state index contributed by atoms with van der Waals surface area (Å²) in [5.74, 6) is 0. The van der Waals surface area contributed by atoms with Gasteiger partial charge in [-0.1, -0.05) is 38.1 Å². The number of oxime groups is 1. The summed E-state index contributed by atoms with van der Waals surface area (Å²) in [4.78, 5) is 7.79. The number of nitrogens with zero attached hydrogens (tertiary/aromatic N) is 2. The first-order chi connectivity index (χ1) is 9.97. The standard InChI is InChI=1S/C17H26N2O2/c1-14(17(2,3)4)18-21-13-15-5-7-16(8-6-15)19-9-11-20-12-10-19/h5-8H,9-13H2,1-4H3. The van der Waals surface area contributed by atoms with Crippen LogP contribution in [0.4, 0.5) is 5.69 Å². The van der Waals surface area contributed by atoms with E-state index in [0.29, 0.717) is 6.61 Å². The van der Waals surface area contributed by atoms with Crippen molar-refractivity contribution < 1.29 is 9.57 Å². The molecule has 4 nitrogen and oxygen atoms in total. The van der Waals surface area contributed by atoms with Gasteiger partial charge in [-0.3, -0.25) is 0 Å². The van der Waals surface area contributed by atoms with Crippen LogP contribution in [0.5, 0.6) is 0 Å². The molecule has 0 saturated carbocycles. The average molecular weight is 290 g/mol. The largest absolute Gasteiger partial charge is 0.391 e. The Balaban J connectivity index is 1.88. The molecule has 1 aromatic carbocycles. The molecule has 1 aliphatic heterocycles. The minimum Gasteiger partial charge on any atom is -0.391 e. The highest BCUT2D eigenvalue weighted by Crippen LogP contribution is 2.18. The minimum atomic E-state index is 0.0557. The Hall–Kier alpha value is -1.55. The normalized spacial score (nSPS) is 17.0. The number of anilines is 1. The van der Waals surface area contributed by atoms with Crippen LogP contribution in [0.25, 0.3) is 0 Å². The monoisotopic (exact) mass is 290 g/mol. The Morgan fingerprint density at radius 2 is 1.81 bits per heavy atom. The zero-order valence-corrected chi connectivity index (χ0v) is 13.6. The predicted octanol–water partition coefficient (Wildman–Crippen LogP) is 3.46.